The van der Waals surface area contributed by atoms with Crippen LogP contribution in [0.3, 0.4) is 0 Å². The molecule has 0 saturated heterocycles. The molecule has 0 bridgehead atoms. The summed E-state index contributed by atoms with van der Waals surface area (Å²) >= 11 is 0. The van der Waals surface area contributed by atoms with E-state index in [1.54, 1.807) is 13.0 Å². The minimum atomic E-state index is -1.30. The molecule has 0 aromatic heterocycles. The molecule has 1 aromatic rings. The SMILES string of the molecule is CCOC(=O)C(N)C(=O)Nc1ccccc1CC. The summed E-state index contributed by atoms with van der Waals surface area (Å²) in [6.45, 7) is 3.84. The maximum atomic E-state index is 11.8. The number of ether oxygens (including phenoxy) is 1. The normalized spacial score (nSPS) is 11.7. The summed E-state index contributed by atoms with van der Waals surface area (Å²) in [7, 11) is 0. The molecule has 1 unspecified atom stereocenters. The number of anilines is 1. The van der Waals surface area contributed by atoms with Gasteiger partial charge in [0.15, 0.2) is 6.04 Å². The molecule has 0 saturated carbocycles. The van der Waals surface area contributed by atoms with Gasteiger partial charge < -0.3 is 15.8 Å². The number of nitrogens with two attached hydrogens (primary N) is 1. The Morgan fingerprint density at radius 3 is 2.61 bits per heavy atom. The van der Waals surface area contributed by atoms with Gasteiger partial charge in [-0.2, -0.15) is 0 Å². The Balaban J connectivity index is 2.72. The van der Waals surface area contributed by atoms with E-state index in [1.807, 2.05) is 25.1 Å². The van der Waals surface area contributed by atoms with Gasteiger partial charge >= 0.3 is 5.97 Å². The topological polar surface area (TPSA) is 81.4 Å². The van der Waals surface area contributed by atoms with Crippen molar-refractivity contribution in [3.8, 4) is 0 Å². The molecule has 0 fully saturated rings. The second-order valence-electron chi connectivity index (χ2n) is 3.73. The zero-order valence-corrected chi connectivity index (χ0v) is 10.6. The highest BCUT2D eigenvalue weighted by Gasteiger charge is 2.23. The smallest absolute Gasteiger partial charge is 0.332 e. The number of amides is 1. The lowest BCUT2D eigenvalue weighted by Crippen LogP contribution is -2.43. The summed E-state index contributed by atoms with van der Waals surface area (Å²) < 4.78 is 4.69. The number of carbonyl (C=O) groups is 2. The number of nitrogens with one attached hydrogen (secondary N) is 1. The quantitative estimate of drug-likeness (QED) is 0.605. The highest BCUT2D eigenvalue weighted by atomic mass is 16.5. The Hall–Kier alpha value is -1.88. The fraction of sp³-hybridized carbons (Fsp3) is 0.385. The summed E-state index contributed by atoms with van der Waals surface area (Å²) in [6, 6.07) is 6.08. The number of benzene rings is 1. The fourth-order valence-electron chi connectivity index (χ4n) is 1.50. The third kappa shape index (κ3) is 3.56. The third-order valence-corrected chi connectivity index (χ3v) is 2.48. The van der Waals surface area contributed by atoms with Gasteiger partial charge in [-0.25, -0.2) is 4.79 Å². The first-order chi connectivity index (χ1) is 8.60. The molecule has 1 aromatic carbocycles. The number of carbonyl (C=O) groups excluding carboxylic acids is 2. The van der Waals surface area contributed by atoms with Crippen molar-refractivity contribution in [3.05, 3.63) is 29.8 Å². The first kappa shape index (κ1) is 14.2. The first-order valence-corrected chi connectivity index (χ1v) is 5.91. The average Bonchev–Trinajstić information content (AvgIpc) is 2.38. The predicted molar refractivity (Wildman–Crippen MR) is 69.1 cm³/mol. The minimum Gasteiger partial charge on any atom is -0.464 e. The molecule has 5 heteroatoms. The van der Waals surface area contributed by atoms with Crippen LogP contribution in [0.4, 0.5) is 5.69 Å². The van der Waals surface area contributed by atoms with Gasteiger partial charge in [0, 0.05) is 5.69 Å². The van der Waals surface area contributed by atoms with Crippen LogP contribution in [0.5, 0.6) is 0 Å². The number of hydrogen-bond acceptors (Lipinski definition) is 4. The van der Waals surface area contributed by atoms with Crippen molar-refractivity contribution in [3.63, 3.8) is 0 Å². The van der Waals surface area contributed by atoms with Crippen molar-refractivity contribution in [2.45, 2.75) is 26.3 Å². The molecule has 0 heterocycles. The van der Waals surface area contributed by atoms with E-state index in [0.717, 1.165) is 12.0 Å². The van der Waals surface area contributed by atoms with Crippen LogP contribution in [-0.2, 0) is 20.7 Å². The molecule has 0 aliphatic heterocycles. The lowest BCUT2D eigenvalue weighted by Gasteiger charge is -2.13. The molecule has 1 atom stereocenters. The van der Waals surface area contributed by atoms with Crippen LogP contribution in [0.15, 0.2) is 24.3 Å². The number of hydrogen-bond donors (Lipinski definition) is 2. The van der Waals surface area contributed by atoms with E-state index < -0.39 is 17.9 Å². The van der Waals surface area contributed by atoms with E-state index in [2.05, 4.69) is 5.32 Å². The number of esters is 1. The lowest BCUT2D eigenvalue weighted by molar-refractivity contribution is -0.146. The predicted octanol–water partition coefficient (Wildman–Crippen LogP) is 1.08. The molecule has 1 rings (SSSR count). The Morgan fingerprint density at radius 1 is 1.33 bits per heavy atom. The minimum absolute atomic E-state index is 0.200. The number of aryl methyl sites for hydroxylation is 1. The number of rotatable bonds is 5. The molecule has 1 amide bonds. The molecular weight excluding hydrogens is 232 g/mol. The molecule has 5 nitrogen and oxygen atoms in total. The third-order valence-electron chi connectivity index (χ3n) is 2.48. The van der Waals surface area contributed by atoms with Crippen LogP contribution in [0.2, 0.25) is 0 Å². The van der Waals surface area contributed by atoms with Crippen molar-refractivity contribution >= 4 is 17.6 Å². The van der Waals surface area contributed by atoms with Gasteiger partial charge in [0.2, 0.25) is 0 Å². The van der Waals surface area contributed by atoms with E-state index >= 15 is 0 Å². The Morgan fingerprint density at radius 2 is 2.00 bits per heavy atom. The second kappa shape index (κ2) is 6.76. The molecule has 0 aliphatic rings. The molecule has 0 aliphatic carbocycles. The number of para-hydroxylation sites is 1. The first-order valence-electron chi connectivity index (χ1n) is 5.91. The molecule has 0 radical (unpaired) electrons. The summed E-state index contributed by atoms with van der Waals surface area (Å²) in [5.74, 6) is -1.28. The highest BCUT2D eigenvalue weighted by molar-refractivity contribution is 6.08. The Bertz CT molecular complexity index is 432. The maximum Gasteiger partial charge on any atom is 0.332 e. The van der Waals surface area contributed by atoms with Crippen molar-refractivity contribution < 1.29 is 14.3 Å². The monoisotopic (exact) mass is 250 g/mol. The average molecular weight is 250 g/mol. The van der Waals surface area contributed by atoms with Crippen LogP contribution in [-0.4, -0.2) is 24.5 Å². The van der Waals surface area contributed by atoms with E-state index in [9.17, 15) is 9.59 Å². The van der Waals surface area contributed by atoms with Gasteiger partial charge in [-0.05, 0) is 25.0 Å². The summed E-state index contributed by atoms with van der Waals surface area (Å²) in [5, 5.41) is 2.64. The van der Waals surface area contributed by atoms with Crippen LogP contribution in [0.25, 0.3) is 0 Å². The summed E-state index contributed by atoms with van der Waals surface area (Å²) in [5.41, 5.74) is 7.16. The summed E-state index contributed by atoms with van der Waals surface area (Å²) in [4.78, 5) is 23.1. The van der Waals surface area contributed by atoms with Gasteiger partial charge in [0.25, 0.3) is 5.91 Å². The standard InChI is InChI=1S/C13H18N2O3/c1-3-9-7-5-6-8-10(9)15-12(16)11(14)13(17)18-4-2/h5-8,11H,3-4,14H2,1-2H3,(H,15,16). The Kier molecular flexibility index (Phi) is 5.32. The molecule has 0 spiro atoms. The maximum absolute atomic E-state index is 11.8. The second-order valence-corrected chi connectivity index (χ2v) is 3.73. The lowest BCUT2D eigenvalue weighted by atomic mass is 10.1. The van der Waals surface area contributed by atoms with Crippen molar-refractivity contribution in [2.75, 3.05) is 11.9 Å². The van der Waals surface area contributed by atoms with Crippen molar-refractivity contribution in [1.82, 2.24) is 0 Å². The van der Waals surface area contributed by atoms with Gasteiger partial charge in [-0.1, -0.05) is 25.1 Å². The molecule has 18 heavy (non-hydrogen) atoms. The zero-order chi connectivity index (χ0) is 13.5. The van der Waals surface area contributed by atoms with Crippen molar-refractivity contribution in [2.24, 2.45) is 5.73 Å². The van der Waals surface area contributed by atoms with E-state index in [-0.39, 0.29) is 6.61 Å². The van der Waals surface area contributed by atoms with E-state index in [1.165, 1.54) is 0 Å². The Labute approximate surface area is 106 Å². The largest absolute Gasteiger partial charge is 0.464 e. The van der Waals surface area contributed by atoms with Crippen LogP contribution in [0, 0.1) is 0 Å². The molecule has 98 valence electrons. The van der Waals surface area contributed by atoms with Crippen LogP contribution >= 0.6 is 0 Å². The highest BCUT2D eigenvalue weighted by Crippen LogP contribution is 2.15. The fourth-order valence-corrected chi connectivity index (χ4v) is 1.50. The van der Waals surface area contributed by atoms with E-state index in [4.69, 9.17) is 10.5 Å². The molecular formula is C13H18N2O3. The van der Waals surface area contributed by atoms with Crippen LogP contribution in [0.1, 0.15) is 19.4 Å². The van der Waals surface area contributed by atoms with Gasteiger partial charge in [-0.3, -0.25) is 4.79 Å². The van der Waals surface area contributed by atoms with Gasteiger partial charge in [0.1, 0.15) is 0 Å². The van der Waals surface area contributed by atoms with E-state index in [0.29, 0.717) is 5.69 Å². The molecule has 3 N–H and O–H groups in total. The summed E-state index contributed by atoms with van der Waals surface area (Å²) in [6.07, 6.45) is 0.783. The zero-order valence-electron chi connectivity index (χ0n) is 10.6. The van der Waals surface area contributed by atoms with Crippen molar-refractivity contribution in [1.29, 1.82) is 0 Å². The van der Waals surface area contributed by atoms with Crippen LogP contribution < -0.4 is 11.1 Å². The van der Waals surface area contributed by atoms with Gasteiger partial charge in [-0.15, -0.1) is 0 Å². The van der Waals surface area contributed by atoms with Gasteiger partial charge in [0.05, 0.1) is 6.61 Å².